The summed E-state index contributed by atoms with van der Waals surface area (Å²) in [6.07, 6.45) is 2.81. The molecule has 22 heavy (non-hydrogen) atoms. The normalized spacial score (nSPS) is 28.9. The molecule has 2 atom stereocenters. The summed E-state index contributed by atoms with van der Waals surface area (Å²) in [5, 5.41) is 0. The van der Waals surface area contributed by atoms with Crippen LogP contribution in [0.3, 0.4) is 0 Å². The van der Waals surface area contributed by atoms with Gasteiger partial charge in [0, 0.05) is 25.6 Å². The van der Waals surface area contributed by atoms with Crippen LogP contribution >= 0.6 is 0 Å². The van der Waals surface area contributed by atoms with Gasteiger partial charge in [0.05, 0.1) is 6.61 Å². The first kappa shape index (κ1) is 15.5. The Balaban J connectivity index is 1.42. The van der Waals surface area contributed by atoms with Gasteiger partial charge in [0.2, 0.25) is 0 Å². The van der Waals surface area contributed by atoms with E-state index >= 15 is 0 Å². The maximum Gasteiger partial charge on any atom is 0.338 e. The van der Waals surface area contributed by atoms with E-state index in [2.05, 4.69) is 29.2 Å². The molecule has 0 spiro atoms. The Morgan fingerprint density at radius 3 is 2.95 bits per heavy atom. The Hall–Kier alpha value is -1.39. The molecular formula is C18H25NO3. The number of esters is 1. The van der Waals surface area contributed by atoms with Gasteiger partial charge in [-0.2, -0.15) is 0 Å². The molecule has 2 heterocycles. The van der Waals surface area contributed by atoms with Gasteiger partial charge < -0.3 is 9.47 Å². The molecule has 0 radical (unpaired) electrons. The van der Waals surface area contributed by atoms with E-state index in [4.69, 9.17) is 9.47 Å². The minimum absolute atomic E-state index is 0.188. The van der Waals surface area contributed by atoms with Gasteiger partial charge in [0.25, 0.3) is 0 Å². The number of carbonyl (C=O) groups excluding carboxylic acids is 1. The first-order chi connectivity index (χ1) is 10.7. The molecule has 4 heteroatoms. The van der Waals surface area contributed by atoms with Gasteiger partial charge in [-0.05, 0) is 38.3 Å². The number of rotatable bonds is 5. The number of carbonyl (C=O) groups is 1. The molecule has 2 saturated heterocycles. The molecule has 0 saturated carbocycles. The molecule has 4 nitrogen and oxygen atoms in total. The molecule has 0 aromatic heterocycles. The highest BCUT2D eigenvalue weighted by atomic mass is 16.6. The molecule has 2 fully saturated rings. The fourth-order valence-electron chi connectivity index (χ4n) is 3.32. The fourth-order valence-corrected chi connectivity index (χ4v) is 3.32. The van der Waals surface area contributed by atoms with Crippen molar-refractivity contribution in [1.29, 1.82) is 0 Å². The molecule has 2 unspecified atom stereocenters. The first-order valence-electron chi connectivity index (χ1n) is 8.23. The van der Waals surface area contributed by atoms with E-state index in [1.54, 1.807) is 0 Å². The Morgan fingerprint density at radius 1 is 1.41 bits per heavy atom. The van der Waals surface area contributed by atoms with Crippen LogP contribution < -0.4 is 0 Å². The van der Waals surface area contributed by atoms with Crippen molar-refractivity contribution in [2.24, 2.45) is 5.92 Å². The van der Waals surface area contributed by atoms with Crippen molar-refractivity contribution in [3.8, 4) is 0 Å². The Labute approximate surface area is 132 Å². The smallest absolute Gasteiger partial charge is 0.338 e. The van der Waals surface area contributed by atoms with E-state index in [1.165, 1.54) is 5.56 Å². The van der Waals surface area contributed by atoms with Crippen molar-refractivity contribution in [2.75, 3.05) is 26.3 Å². The zero-order chi connectivity index (χ0) is 15.4. The Morgan fingerprint density at radius 2 is 2.23 bits per heavy atom. The summed E-state index contributed by atoms with van der Waals surface area (Å²) in [5.74, 6) is 0.254. The summed E-state index contributed by atoms with van der Waals surface area (Å²) in [4.78, 5) is 14.6. The summed E-state index contributed by atoms with van der Waals surface area (Å²) in [5.41, 5.74) is 0.634. The number of nitrogens with zero attached hydrogens (tertiary/aromatic N) is 1. The largest absolute Gasteiger partial charge is 0.463 e. The molecule has 2 aliphatic heterocycles. The zero-order valence-corrected chi connectivity index (χ0v) is 13.3. The van der Waals surface area contributed by atoms with Crippen LogP contribution in [0.4, 0.5) is 0 Å². The highest BCUT2D eigenvalue weighted by Crippen LogP contribution is 2.27. The summed E-state index contributed by atoms with van der Waals surface area (Å²) in [6.45, 7) is 6.08. The summed E-state index contributed by atoms with van der Waals surface area (Å²) in [6, 6.07) is 10.5. The number of hydrogen-bond donors (Lipinski definition) is 0. The molecule has 1 aromatic rings. The molecule has 1 aromatic carbocycles. The highest BCUT2D eigenvalue weighted by molar-refractivity contribution is 5.79. The van der Waals surface area contributed by atoms with Crippen LogP contribution in [0.25, 0.3) is 0 Å². The van der Waals surface area contributed by atoms with Crippen LogP contribution in [0.15, 0.2) is 30.3 Å². The van der Waals surface area contributed by atoms with Crippen LogP contribution in [0.1, 0.15) is 31.7 Å². The highest BCUT2D eigenvalue weighted by Gasteiger charge is 2.39. The summed E-state index contributed by atoms with van der Waals surface area (Å²) in [7, 11) is 0. The average molecular weight is 303 g/mol. The van der Waals surface area contributed by atoms with Crippen molar-refractivity contribution in [3.05, 3.63) is 35.9 Å². The lowest BCUT2D eigenvalue weighted by Gasteiger charge is -2.22. The number of benzene rings is 1. The third-order valence-corrected chi connectivity index (χ3v) is 4.72. The third kappa shape index (κ3) is 3.68. The van der Waals surface area contributed by atoms with Crippen LogP contribution in [0.2, 0.25) is 0 Å². The topological polar surface area (TPSA) is 38.8 Å². The number of likely N-dealkylation sites (tertiary alicyclic amines) is 1. The van der Waals surface area contributed by atoms with Gasteiger partial charge in [0.1, 0.15) is 0 Å². The van der Waals surface area contributed by atoms with Gasteiger partial charge in [-0.15, -0.1) is 0 Å². The molecule has 0 bridgehead atoms. The van der Waals surface area contributed by atoms with E-state index in [1.807, 2.05) is 13.0 Å². The lowest BCUT2D eigenvalue weighted by atomic mass is 10.0. The van der Waals surface area contributed by atoms with Gasteiger partial charge in [-0.1, -0.05) is 30.3 Å². The summed E-state index contributed by atoms with van der Waals surface area (Å²) < 4.78 is 11.1. The minimum atomic E-state index is -0.706. The summed E-state index contributed by atoms with van der Waals surface area (Å²) >= 11 is 0. The van der Waals surface area contributed by atoms with E-state index in [0.29, 0.717) is 19.1 Å². The van der Waals surface area contributed by atoms with Crippen LogP contribution in [-0.4, -0.2) is 42.8 Å². The molecule has 0 amide bonds. The third-order valence-electron chi connectivity index (χ3n) is 4.72. The number of hydrogen-bond acceptors (Lipinski definition) is 4. The number of ether oxygens (including phenoxy) is 2. The predicted molar refractivity (Wildman–Crippen MR) is 84.4 cm³/mol. The van der Waals surface area contributed by atoms with Gasteiger partial charge >= 0.3 is 5.97 Å². The van der Waals surface area contributed by atoms with Crippen LogP contribution in [0, 0.1) is 5.92 Å². The Kier molecular flexibility index (Phi) is 4.79. The standard InChI is InChI=1S/C18H25NO3/c1-18(9-5-11-22-18)17(20)21-14-16-8-10-19(13-16)12-15-6-3-2-4-7-15/h2-4,6-7,16H,5,8-14H2,1H3. The van der Waals surface area contributed by atoms with Crippen molar-refractivity contribution in [3.63, 3.8) is 0 Å². The van der Waals surface area contributed by atoms with Crippen molar-refractivity contribution >= 4 is 5.97 Å². The van der Waals surface area contributed by atoms with E-state index < -0.39 is 5.60 Å². The lowest BCUT2D eigenvalue weighted by molar-refractivity contribution is -0.166. The molecule has 120 valence electrons. The van der Waals surface area contributed by atoms with Crippen molar-refractivity contribution in [1.82, 2.24) is 4.90 Å². The van der Waals surface area contributed by atoms with Crippen molar-refractivity contribution < 1.29 is 14.3 Å². The molecule has 0 N–H and O–H groups in total. The fraction of sp³-hybridized carbons (Fsp3) is 0.611. The molecule has 2 aliphatic rings. The maximum atomic E-state index is 12.1. The maximum absolute atomic E-state index is 12.1. The average Bonchev–Trinajstić information content (AvgIpc) is 3.16. The van der Waals surface area contributed by atoms with E-state index in [0.717, 1.165) is 38.9 Å². The van der Waals surface area contributed by atoms with Gasteiger partial charge in [-0.25, -0.2) is 4.79 Å². The SMILES string of the molecule is CC1(C(=O)OCC2CCN(Cc3ccccc3)C2)CCCO1. The molecule has 3 rings (SSSR count). The predicted octanol–water partition coefficient (Wildman–Crippen LogP) is 2.62. The second-order valence-electron chi connectivity index (χ2n) is 6.66. The molecular weight excluding hydrogens is 278 g/mol. The van der Waals surface area contributed by atoms with E-state index in [9.17, 15) is 4.79 Å². The monoisotopic (exact) mass is 303 g/mol. The minimum Gasteiger partial charge on any atom is -0.463 e. The second-order valence-corrected chi connectivity index (χ2v) is 6.66. The van der Waals surface area contributed by atoms with Crippen LogP contribution in [-0.2, 0) is 20.8 Å². The molecule has 0 aliphatic carbocycles. The van der Waals surface area contributed by atoms with Gasteiger partial charge in [-0.3, -0.25) is 4.90 Å². The first-order valence-corrected chi connectivity index (χ1v) is 8.23. The Bertz CT molecular complexity index is 496. The second kappa shape index (κ2) is 6.80. The zero-order valence-electron chi connectivity index (χ0n) is 13.3. The van der Waals surface area contributed by atoms with E-state index in [-0.39, 0.29) is 5.97 Å². The lowest BCUT2D eigenvalue weighted by Crippen LogP contribution is -2.37. The van der Waals surface area contributed by atoms with Crippen molar-refractivity contribution in [2.45, 2.75) is 38.3 Å². The van der Waals surface area contributed by atoms with Crippen LogP contribution in [0.5, 0.6) is 0 Å². The quantitative estimate of drug-likeness (QED) is 0.784. The van der Waals surface area contributed by atoms with Gasteiger partial charge in [0.15, 0.2) is 5.60 Å².